The summed E-state index contributed by atoms with van der Waals surface area (Å²) < 4.78 is 17.3. The number of hydrogen-bond acceptors (Lipinski definition) is 4. The Hall–Kier alpha value is -1.96. The molecule has 1 aromatic heterocycles. The number of rotatable bonds is 2. The van der Waals surface area contributed by atoms with E-state index in [1.807, 2.05) is 0 Å². The van der Waals surface area contributed by atoms with Crippen LogP contribution < -0.4 is 0 Å². The van der Waals surface area contributed by atoms with E-state index in [2.05, 4.69) is 9.72 Å². The van der Waals surface area contributed by atoms with Crippen molar-refractivity contribution in [2.45, 2.75) is 6.92 Å². The number of carbonyl (C=O) groups is 1. The standard InChI is InChI=1S/C9H7FN2O2/c1-2-14-9(13)8-6(5-11)3-4-7(10)12-8/h3-4H,2H2,1H3. The molecule has 0 aromatic carbocycles. The Morgan fingerprint density at radius 2 is 2.43 bits per heavy atom. The van der Waals surface area contributed by atoms with Crippen LogP contribution in [0, 0.1) is 17.3 Å². The molecule has 72 valence electrons. The molecule has 0 fully saturated rings. The maximum Gasteiger partial charge on any atom is 0.358 e. The fourth-order valence-electron chi connectivity index (χ4n) is 0.881. The topological polar surface area (TPSA) is 63.0 Å². The number of nitrogens with zero attached hydrogens (tertiary/aromatic N) is 2. The molecule has 0 aliphatic carbocycles. The van der Waals surface area contributed by atoms with Gasteiger partial charge in [-0.15, -0.1) is 0 Å². The van der Waals surface area contributed by atoms with Gasteiger partial charge < -0.3 is 4.74 Å². The summed E-state index contributed by atoms with van der Waals surface area (Å²) in [5.74, 6) is -1.60. The molecule has 0 atom stereocenters. The van der Waals surface area contributed by atoms with E-state index in [0.29, 0.717) is 0 Å². The first-order valence-electron chi connectivity index (χ1n) is 3.92. The lowest BCUT2D eigenvalue weighted by Gasteiger charge is -2.01. The van der Waals surface area contributed by atoms with Crippen molar-refractivity contribution in [2.24, 2.45) is 0 Å². The molecule has 0 saturated carbocycles. The van der Waals surface area contributed by atoms with Gasteiger partial charge in [0.2, 0.25) is 5.95 Å². The first kappa shape index (κ1) is 10.1. The van der Waals surface area contributed by atoms with Crippen LogP contribution in [0.2, 0.25) is 0 Å². The number of hydrogen-bond donors (Lipinski definition) is 0. The highest BCUT2D eigenvalue weighted by Crippen LogP contribution is 2.07. The van der Waals surface area contributed by atoms with Crippen molar-refractivity contribution in [2.75, 3.05) is 6.61 Å². The molecule has 5 heteroatoms. The average molecular weight is 194 g/mol. The highest BCUT2D eigenvalue weighted by molar-refractivity contribution is 5.89. The molecule has 0 bridgehead atoms. The number of esters is 1. The second-order valence-electron chi connectivity index (χ2n) is 2.36. The smallest absolute Gasteiger partial charge is 0.358 e. The largest absolute Gasteiger partial charge is 0.461 e. The average Bonchev–Trinajstić information content (AvgIpc) is 2.18. The van der Waals surface area contributed by atoms with Gasteiger partial charge in [-0.25, -0.2) is 9.78 Å². The van der Waals surface area contributed by atoms with E-state index in [9.17, 15) is 9.18 Å². The summed E-state index contributed by atoms with van der Waals surface area (Å²) in [6.45, 7) is 1.77. The van der Waals surface area contributed by atoms with Gasteiger partial charge in [-0.2, -0.15) is 9.65 Å². The Balaban J connectivity index is 3.12. The molecule has 4 nitrogen and oxygen atoms in total. The minimum atomic E-state index is -0.813. The van der Waals surface area contributed by atoms with E-state index in [1.54, 1.807) is 13.0 Å². The van der Waals surface area contributed by atoms with Crippen LogP contribution in [0.1, 0.15) is 23.0 Å². The predicted octanol–water partition coefficient (Wildman–Crippen LogP) is 1.27. The molecule has 0 aliphatic rings. The predicted molar refractivity (Wildman–Crippen MR) is 44.9 cm³/mol. The summed E-state index contributed by atoms with van der Waals surface area (Å²) in [6.07, 6.45) is 0. The van der Waals surface area contributed by atoms with Gasteiger partial charge in [0.15, 0.2) is 5.69 Å². The van der Waals surface area contributed by atoms with Gasteiger partial charge in [0.25, 0.3) is 0 Å². The summed E-state index contributed by atoms with van der Waals surface area (Å²) in [4.78, 5) is 14.5. The van der Waals surface area contributed by atoms with E-state index >= 15 is 0 Å². The lowest BCUT2D eigenvalue weighted by atomic mass is 10.2. The highest BCUT2D eigenvalue weighted by Gasteiger charge is 2.15. The third-order valence-electron chi connectivity index (χ3n) is 1.45. The van der Waals surface area contributed by atoms with Crippen molar-refractivity contribution in [3.63, 3.8) is 0 Å². The molecule has 1 rings (SSSR count). The van der Waals surface area contributed by atoms with Crippen LogP contribution in [0.25, 0.3) is 0 Å². The number of carbonyl (C=O) groups excluding carboxylic acids is 1. The van der Waals surface area contributed by atoms with E-state index in [4.69, 9.17) is 5.26 Å². The molecule has 1 aromatic rings. The van der Waals surface area contributed by atoms with Crippen molar-refractivity contribution < 1.29 is 13.9 Å². The minimum absolute atomic E-state index is 0.00449. The molecule has 14 heavy (non-hydrogen) atoms. The molecular weight excluding hydrogens is 187 g/mol. The van der Waals surface area contributed by atoms with Gasteiger partial charge in [0, 0.05) is 0 Å². The van der Waals surface area contributed by atoms with Crippen molar-refractivity contribution in [1.29, 1.82) is 5.26 Å². The van der Waals surface area contributed by atoms with Crippen LogP contribution in [0.5, 0.6) is 0 Å². The first-order chi connectivity index (χ1) is 6.69. The quantitative estimate of drug-likeness (QED) is 0.525. The summed E-state index contributed by atoms with van der Waals surface area (Å²) in [6, 6.07) is 3.94. The third kappa shape index (κ3) is 2.04. The van der Waals surface area contributed by atoms with Crippen LogP contribution >= 0.6 is 0 Å². The SMILES string of the molecule is CCOC(=O)c1nc(F)ccc1C#N. The zero-order valence-electron chi connectivity index (χ0n) is 7.45. The van der Waals surface area contributed by atoms with Crippen LogP contribution in [0.3, 0.4) is 0 Å². The van der Waals surface area contributed by atoms with Crippen LogP contribution in [0.4, 0.5) is 4.39 Å². The van der Waals surface area contributed by atoms with Gasteiger partial charge in [0.1, 0.15) is 6.07 Å². The van der Waals surface area contributed by atoms with Crippen LogP contribution in [-0.4, -0.2) is 17.6 Å². The van der Waals surface area contributed by atoms with Crippen molar-refractivity contribution >= 4 is 5.97 Å². The number of nitriles is 1. The fraction of sp³-hybridized carbons (Fsp3) is 0.222. The Kier molecular flexibility index (Phi) is 3.13. The number of pyridine rings is 1. The van der Waals surface area contributed by atoms with Crippen molar-refractivity contribution in [3.8, 4) is 6.07 Å². The minimum Gasteiger partial charge on any atom is -0.461 e. The molecule has 0 radical (unpaired) electrons. The Morgan fingerprint density at radius 3 is 3.00 bits per heavy atom. The molecule has 0 amide bonds. The second kappa shape index (κ2) is 4.33. The third-order valence-corrected chi connectivity index (χ3v) is 1.45. The maximum absolute atomic E-state index is 12.7. The van der Waals surface area contributed by atoms with Gasteiger partial charge in [0.05, 0.1) is 12.2 Å². The fourth-order valence-corrected chi connectivity index (χ4v) is 0.881. The number of ether oxygens (including phenoxy) is 1. The Labute approximate surface area is 79.9 Å². The molecule has 1 heterocycles. The number of aromatic nitrogens is 1. The normalized spacial score (nSPS) is 9.21. The zero-order chi connectivity index (χ0) is 10.6. The lowest BCUT2D eigenvalue weighted by molar-refractivity contribution is 0.0517. The summed E-state index contributed by atoms with van der Waals surface area (Å²) in [7, 11) is 0. The zero-order valence-corrected chi connectivity index (χ0v) is 7.45. The van der Waals surface area contributed by atoms with Crippen molar-refractivity contribution in [3.05, 3.63) is 29.3 Å². The van der Waals surface area contributed by atoms with Gasteiger partial charge in [-0.3, -0.25) is 0 Å². The molecular formula is C9H7FN2O2. The lowest BCUT2D eigenvalue weighted by Crippen LogP contribution is -2.10. The highest BCUT2D eigenvalue weighted by atomic mass is 19.1. The molecule has 0 unspecified atom stereocenters. The van der Waals surface area contributed by atoms with E-state index in [-0.39, 0.29) is 17.9 Å². The Bertz CT molecular complexity index is 398. The summed E-state index contributed by atoms with van der Waals surface area (Å²) in [5, 5.41) is 8.61. The van der Waals surface area contributed by atoms with Crippen LogP contribution in [0.15, 0.2) is 12.1 Å². The first-order valence-corrected chi connectivity index (χ1v) is 3.92. The molecule has 0 spiro atoms. The van der Waals surface area contributed by atoms with E-state index in [1.165, 1.54) is 6.07 Å². The monoisotopic (exact) mass is 194 g/mol. The van der Waals surface area contributed by atoms with Crippen LogP contribution in [-0.2, 0) is 4.74 Å². The van der Waals surface area contributed by atoms with E-state index in [0.717, 1.165) is 6.07 Å². The number of halogens is 1. The second-order valence-corrected chi connectivity index (χ2v) is 2.36. The van der Waals surface area contributed by atoms with Gasteiger partial charge >= 0.3 is 5.97 Å². The molecule has 0 N–H and O–H groups in total. The van der Waals surface area contributed by atoms with Gasteiger partial charge in [-0.05, 0) is 19.1 Å². The summed E-state index contributed by atoms with van der Waals surface area (Å²) in [5.41, 5.74) is -0.279. The van der Waals surface area contributed by atoms with Gasteiger partial charge in [-0.1, -0.05) is 0 Å². The Morgan fingerprint density at radius 1 is 1.71 bits per heavy atom. The maximum atomic E-state index is 12.7. The van der Waals surface area contributed by atoms with Crippen molar-refractivity contribution in [1.82, 2.24) is 4.98 Å². The molecule has 0 aliphatic heterocycles. The molecule has 0 saturated heterocycles. The summed E-state index contributed by atoms with van der Waals surface area (Å²) >= 11 is 0. The van der Waals surface area contributed by atoms with E-state index < -0.39 is 11.9 Å².